The summed E-state index contributed by atoms with van der Waals surface area (Å²) >= 11 is 3.46. The normalized spacial score (nSPS) is 18.1. The van der Waals surface area contributed by atoms with E-state index in [0.717, 1.165) is 15.2 Å². The lowest BCUT2D eigenvalue weighted by Gasteiger charge is -2.32. The van der Waals surface area contributed by atoms with Crippen LogP contribution in [0.5, 0.6) is 0 Å². The summed E-state index contributed by atoms with van der Waals surface area (Å²) in [7, 11) is 0. The van der Waals surface area contributed by atoms with Crippen molar-refractivity contribution in [1.82, 2.24) is 4.90 Å². The highest BCUT2D eigenvalue weighted by atomic mass is 79.9. The number of rotatable bonds is 2. The van der Waals surface area contributed by atoms with Crippen LogP contribution in [0.15, 0.2) is 40.9 Å². The van der Waals surface area contributed by atoms with Crippen LogP contribution in [-0.4, -0.2) is 43.2 Å². The van der Waals surface area contributed by atoms with Crippen molar-refractivity contribution < 1.29 is 9.53 Å². The fraction of sp³-hybridized carbons (Fsp3) is 0.312. The monoisotopic (exact) mass is 384 g/mol. The molecule has 1 heterocycles. The minimum Gasteiger partial charge on any atom is -0.373 e. The van der Waals surface area contributed by atoms with E-state index >= 15 is 0 Å². The third-order valence-corrected chi connectivity index (χ3v) is 4.23. The summed E-state index contributed by atoms with van der Waals surface area (Å²) in [6, 6.07) is 11.8. The van der Waals surface area contributed by atoms with Crippen LogP contribution in [0.25, 0.3) is 10.8 Å². The van der Waals surface area contributed by atoms with E-state index in [0.29, 0.717) is 31.8 Å². The number of amides is 1. The molecule has 0 aromatic heterocycles. The number of fused-ring (bicyclic) bond motifs is 1. The molecule has 2 aromatic rings. The Hall–Kier alpha value is -1.14. The van der Waals surface area contributed by atoms with Gasteiger partial charge in [-0.2, -0.15) is 0 Å². The van der Waals surface area contributed by atoms with Crippen LogP contribution in [-0.2, 0) is 4.74 Å². The Morgan fingerprint density at radius 2 is 2.00 bits per heavy atom. The van der Waals surface area contributed by atoms with Gasteiger partial charge in [0.25, 0.3) is 5.91 Å². The second kappa shape index (κ2) is 7.42. The summed E-state index contributed by atoms with van der Waals surface area (Å²) in [5.74, 6) is 0.0431. The van der Waals surface area contributed by atoms with E-state index in [9.17, 15) is 4.79 Å². The molecule has 0 saturated carbocycles. The third-order valence-electron chi connectivity index (χ3n) is 3.74. The van der Waals surface area contributed by atoms with E-state index in [1.807, 2.05) is 41.3 Å². The van der Waals surface area contributed by atoms with Gasteiger partial charge in [0.2, 0.25) is 0 Å². The molecular weight excluding hydrogens is 368 g/mol. The van der Waals surface area contributed by atoms with Crippen molar-refractivity contribution in [1.29, 1.82) is 0 Å². The van der Waals surface area contributed by atoms with Crippen LogP contribution in [0.3, 0.4) is 0 Å². The largest absolute Gasteiger partial charge is 0.373 e. The van der Waals surface area contributed by atoms with Gasteiger partial charge in [0, 0.05) is 29.7 Å². The highest BCUT2D eigenvalue weighted by Crippen LogP contribution is 2.22. The fourth-order valence-electron chi connectivity index (χ4n) is 2.58. The zero-order chi connectivity index (χ0) is 14.8. The quantitative estimate of drug-likeness (QED) is 0.865. The number of hydrogen-bond acceptors (Lipinski definition) is 3. The predicted octanol–water partition coefficient (Wildman–Crippen LogP) is 2.82. The maximum absolute atomic E-state index is 12.6. The predicted molar refractivity (Wildman–Crippen MR) is 93.6 cm³/mol. The third kappa shape index (κ3) is 3.60. The van der Waals surface area contributed by atoms with Crippen molar-refractivity contribution in [2.45, 2.75) is 6.10 Å². The van der Waals surface area contributed by atoms with Gasteiger partial charge in [-0.25, -0.2) is 0 Å². The van der Waals surface area contributed by atoms with Crippen LogP contribution in [0.2, 0.25) is 0 Å². The summed E-state index contributed by atoms with van der Waals surface area (Å²) in [5.41, 5.74) is 6.34. The Labute approximate surface area is 144 Å². The smallest absolute Gasteiger partial charge is 0.254 e. The Balaban J connectivity index is 0.00000176. The van der Waals surface area contributed by atoms with Crippen molar-refractivity contribution >= 4 is 45.0 Å². The molecule has 1 fully saturated rings. The van der Waals surface area contributed by atoms with Crippen LogP contribution >= 0.6 is 28.3 Å². The second-order valence-electron chi connectivity index (χ2n) is 5.19. The number of morpholine rings is 1. The summed E-state index contributed by atoms with van der Waals surface area (Å²) < 4.78 is 6.54. The van der Waals surface area contributed by atoms with Crippen LogP contribution < -0.4 is 5.73 Å². The molecule has 3 rings (SSSR count). The molecule has 0 spiro atoms. The lowest BCUT2D eigenvalue weighted by molar-refractivity contribution is -0.0167. The molecule has 1 saturated heterocycles. The highest BCUT2D eigenvalue weighted by molar-refractivity contribution is 9.10. The van der Waals surface area contributed by atoms with Gasteiger partial charge in [-0.15, -0.1) is 12.4 Å². The van der Waals surface area contributed by atoms with Gasteiger partial charge in [-0.1, -0.05) is 28.1 Å². The fourth-order valence-corrected chi connectivity index (χ4v) is 2.96. The maximum Gasteiger partial charge on any atom is 0.254 e. The molecule has 1 atom stereocenters. The standard InChI is InChI=1S/C16H17BrN2O2.ClH/c17-14-4-3-11-7-13(2-1-12(11)8-14)16(20)19-5-6-21-15(9-18)10-19;/h1-4,7-8,15H,5-6,9-10,18H2;1H. The second-order valence-corrected chi connectivity index (χ2v) is 6.10. The minimum atomic E-state index is -0.0564. The van der Waals surface area contributed by atoms with E-state index in [-0.39, 0.29) is 24.4 Å². The zero-order valence-electron chi connectivity index (χ0n) is 12.0. The van der Waals surface area contributed by atoms with E-state index in [1.165, 1.54) is 0 Å². The molecule has 4 nitrogen and oxygen atoms in total. The summed E-state index contributed by atoms with van der Waals surface area (Å²) in [6.07, 6.45) is -0.0564. The van der Waals surface area contributed by atoms with Gasteiger partial charge in [0.05, 0.1) is 12.7 Å². The highest BCUT2D eigenvalue weighted by Gasteiger charge is 2.24. The van der Waals surface area contributed by atoms with Crippen molar-refractivity contribution in [2.75, 3.05) is 26.2 Å². The molecule has 1 amide bonds. The van der Waals surface area contributed by atoms with Gasteiger partial charge in [0.15, 0.2) is 0 Å². The van der Waals surface area contributed by atoms with Crippen molar-refractivity contribution in [2.24, 2.45) is 5.73 Å². The topological polar surface area (TPSA) is 55.6 Å². The van der Waals surface area contributed by atoms with Crippen molar-refractivity contribution in [3.8, 4) is 0 Å². The molecule has 22 heavy (non-hydrogen) atoms. The average molecular weight is 386 g/mol. The van der Waals surface area contributed by atoms with E-state index in [4.69, 9.17) is 10.5 Å². The Kier molecular flexibility index (Phi) is 5.81. The summed E-state index contributed by atoms with van der Waals surface area (Å²) in [6.45, 7) is 2.17. The molecule has 1 aliphatic heterocycles. The van der Waals surface area contributed by atoms with Gasteiger partial charge >= 0.3 is 0 Å². The lowest BCUT2D eigenvalue weighted by atomic mass is 10.1. The van der Waals surface area contributed by atoms with Gasteiger partial charge < -0.3 is 15.4 Å². The first-order valence-corrected chi connectivity index (χ1v) is 7.77. The molecule has 118 valence electrons. The van der Waals surface area contributed by atoms with Crippen LogP contribution in [0.4, 0.5) is 0 Å². The number of nitrogens with two attached hydrogens (primary N) is 1. The number of carbonyl (C=O) groups excluding carboxylic acids is 1. The zero-order valence-corrected chi connectivity index (χ0v) is 14.4. The number of benzene rings is 2. The number of ether oxygens (including phenoxy) is 1. The van der Waals surface area contributed by atoms with Crippen molar-refractivity contribution in [3.05, 3.63) is 46.4 Å². The molecule has 0 aliphatic carbocycles. The minimum absolute atomic E-state index is 0. The van der Waals surface area contributed by atoms with Gasteiger partial charge in [-0.05, 0) is 35.0 Å². The molecule has 2 aromatic carbocycles. The van der Waals surface area contributed by atoms with Crippen molar-refractivity contribution in [3.63, 3.8) is 0 Å². The van der Waals surface area contributed by atoms with Gasteiger partial charge in [-0.3, -0.25) is 4.79 Å². The maximum atomic E-state index is 12.6. The number of hydrogen-bond donors (Lipinski definition) is 1. The van der Waals surface area contributed by atoms with E-state index in [2.05, 4.69) is 15.9 Å². The lowest BCUT2D eigenvalue weighted by Crippen LogP contribution is -2.48. The van der Waals surface area contributed by atoms with E-state index in [1.54, 1.807) is 0 Å². The Morgan fingerprint density at radius 1 is 1.27 bits per heavy atom. The molecule has 0 radical (unpaired) electrons. The first-order chi connectivity index (χ1) is 10.2. The first-order valence-electron chi connectivity index (χ1n) is 6.97. The Bertz CT molecular complexity index is 680. The molecule has 0 bridgehead atoms. The van der Waals surface area contributed by atoms with Crippen LogP contribution in [0.1, 0.15) is 10.4 Å². The van der Waals surface area contributed by atoms with Gasteiger partial charge in [0.1, 0.15) is 0 Å². The summed E-state index contributed by atoms with van der Waals surface area (Å²) in [4.78, 5) is 14.4. The molecule has 1 aliphatic rings. The summed E-state index contributed by atoms with van der Waals surface area (Å²) in [5, 5.41) is 2.18. The molecule has 1 unspecified atom stereocenters. The molecule has 2 N–H and O–H groups in total. The Morgan fingerprint density at radius 3 is 2.77 bits per heavy atom. The first kappa shape index (κ1) is 17.2. The van der Waals surface area contributed by atoms with Crippen LogP contribution in [0, 0.1) is 0 Å². The number of nitrogens with zero attached hydrogens (tertiary/aromatic N) is 1. The molecular formula is C16H18BrClN2O2. The number of carbonyl (C=O) groups is 1. The van der Waals surface area contributed by atoms with E-state index < -0.39 is 0 Å². The average Bonchev–Trinajstić information content (AvgIpc) is 2.53. The SMILES string of the molecule is Cl.NCC1CN(C(=O)c2ccc3cc(Br)ccc3c2)CCO1. The number of halogens is 2. The molecule has 6 heteroatoms.